The molecule has 2 aromatic rings. The molecule has 1 atom stereocenters. The van der Waals surface area contributed by atoms with Gasteiger partial charge >= 0.3 is 0 Å². The first-order chi connectivity index (χ1) is 12.5. The van der Waals surface area contributed by atoms with Gasteiger partial charge in [-0.15, -0.1) is 11.3 Å². The Hall–Kier alpha value is -2.18. The average Bonchev–Trinajstić information content (AvgIpc) is 3.01. The molecule has 1 aliphatic heterocycles. The molecule has 0 aliphatic carbocycles. The quantitative estimate of drug-likeness (QED) is 0.806. The van der Waals surface area contributed by atoms with Crippen molar-refractivity contribution in [2.45, 2.75) is 38.6 Å². The molecule has 138 valence electrons. The minimum Gasteiger partial charge on any atom is -0.326 e. The molecule has 5 nitrogen and oxygen atoms in total. The number of thiophene rings is 1. The van der Waals surface area contributed by atoms with E-state index in [2.05, 4.69) is 41.1 Å². The van der Waals surface area contributed by atoms with E-state index >= 15 is 0 Å². The molecule has 3 rings (SSSR count). The first-order valence-corrected chi connectivity index (χ1v) is 9.80. The summed E-state index contributed by atoms with van der Waals surface area (Å²) in [5, 5.41) is 8.01. The Morgan fingerprint density at radius 3 is 2.88 bits per heavy atom. The van der Waals surface area contributed by atoms with Gasteiger partial charge in [-0.25, -0.2) is 0 Å². The van der Waals surface area contributed by atoms with Crippen LogP contribution in [-0.4, -0.2) is 30.8 Å². The van der Waals surface area contributed by atoms with Crippen LogP contribution in [0.25, 0.3) is 0 Å². The molecule has 0 saturated heterocycles. The molecule has 26 heavy (non-hydrogen) atoms. The van der Waals surface area contributed by atoms with E-state index in [4.69, 9.17) is 0 Å². The Labute approximate surface area is 158 Å². The van der Waals surface area contributed by atoms with Crippen LogP contribution in [0.3, 0.4) is 0 Å². The lowest BCUT2D eigenvalue weighted by molar-refractivity contribution is -0.117. The SMILES string of the molecule is CCCC(=O)Nc1ccc2c(c1)NC(=O)CC2c1cc(CN(C)C)cs1. The standard InChI is InChI=1S/C20H25N3O2S/c1-4-5-19(24)21-14-6-7-15-16(10-20(25)22-17(15)9-14)18-8-13(12-26-18)11-23(2)3/h6-9,12,16H,4-5,10-11H2,1-3H3,(H,21,24)(H,22,25). The summed E-state index contributed by atoms with van der Waals surface area (Å²) in [6, 6.07) is 8.01. The number of anilines is 2. The van der Waals surface area contributed by atoms with Crippen molar-refractivity contribution in [2.24, 2.45) is 0 Å². The minimum absolute atomic E-state index is 0.00211. The van der Waals surface area contributed by atoms with Crippen molar-refractivity contribution in [2.75, 3.05) is 24.7 Å². The maximum Gasteiger partial charge on any atom is 0.225 e. The number of fused-ring (bicyclic) bond motifs is 1. The predicted molar refractivity (Wildman–Crippen MR) is 107 cm³/mol. The molecule has 1 aromatic carbocycles. The van der Waals surface area contributed by atoms with Crippen LogP contribution in [0.2, 0.25) is 0 Å². The summed E-state index contributed by atoms with van der Waals surface area (Å²) in [4.78, 5) is 27.4. The predicted octanol–water partition coefficient (Wildman–Crippen LogP) is 4.02. The highest BCUT2D eigenvalue weighted by Crippen LogP contribution is 2.40. The molecule has 1 unspecified atom stereocenters. The van der Waals surface area contributed by atoms with Crippen LogP contribution >= 0.6 is 11.3 Å². The van der Waals surface area contributed by atoms with Crippen LogP contribution in [0.4, 0.5) is 11.4 Å². The summed E-state index contributed by atoms with van der Waals surface area (Å²) in [5.41, 5.74) is 3.90. The van der Waals surface area contributed by atoms with E-state index in [1.807, 2.05) is 25.1 Å². The second kappa shape index (κ2) is 8.01. The number of hydrogen-bond acceptors (Lipinski definition) is 4. The molecular formula is C20H25N3O2S. The van der Waals surface area contributed by atoms with Gasteiger partial charge in [0.1, 0.15) is 0 Å². The maximum absolute atomic E-state index is 12.2. The van der Waals surface area contributed by atoms with Crippen molar-refractivity contribution in [3.8, 4) is 0 Å². The van der Waals surface area contributed by atoms with Crippen molar-refractivity contribution < 1.29 is 9.59 Å². The largest absolute Gasteiger partial charge is 0.326 e. The number of rotatable bonds is 6. The van der Waals surface area contributed by atoms with Crippen molar-refractivity contribution >= 4 is 34.5 Å². The molecule has 6 heteroatoms. The highest BCUT2D eigenvalue weighted by atomic mass is 32.1. The average molecular weight is 372 g/mol. The molecular weight excluding hydrogens is 346 g/mol. The number of benzene rings is 1. The van der Waals surface area contributed by atoms with Gasteiger partial charge in [-0.1, -0.05) is 13.0 Å². The first-order valence-electron chi connectivity index (χ1n) is 8.92. The number of nitrogens with one attached hydrogen (secondary N) is 2. The van der Waals surface area contributed by atoms with E-state index in [-0.39, 0.29) is 17.7 Å². The highest BCUT2D eigenvalue weighted by Gasteiger charge is 2.28. The fourth-order valence-electron chi connectivity index (χ4n) is 3.27. The van der Waals surface area contributed by atoms with E-state index < -0.39 is 0 Å². The zero-order valence-corrected chi connectivity index (χ0v) is 16.3. The zero-order valence-electron chi connectivity index (χ0n) is 15.5. The highest BCUT2D eigenvalue weighted by molar-refractivity contribution is 7.10. The van der Waals surface area contributed by atoms with Crippen molar-refractivity contribution in [3.05, 3.63) is 45.6 Å². The van der Waals surface area contributed by atoms with Gasteiger partial charge in [0.2, 0.25) is 11.8 Å². The molecule has 2 N–H and O–H groups in total. The molecule has 0 saturated carbocycles. The van der Waals surface area contributed by atoms with Gasteiger partial charge in [-0.3, -0.25) is 9.59 Å². The lowest BCUT2D eigenvalue weighted by Crippen LogP contribution is -2.23. The van der Waals surface area contributed by atoms with Gasteiger partial charge < -0.3 is 15.5 Å². The van der Waals surface area contributed by atoms with Crippen LogP contribution in [0.15, 0.2) is 29.6 Å². The third kappa shape index (κ3) is 4.31. The summed E-state index contributed by atoms with van der Waals surface area (Å²) < 4.78 is 0. The molecule has 1 aliphatic rings. The Morgan fingerprint density at radius 1 is 1.35 bits per heavy atom. The third-order valence-electron chi connectivity index (χ3n) is 4.37. The van der Waals surface area contributed by atoms with Gasteiger partial charge in [-0.05, 0) is 55.2 Å². The van der Waals surface area contributed by atoms with E-state index in [9.17, 15) is 9.59 Å². The van der Waals surface area contributed by atoms with Crippen LogP contribution in [0, 0.1) is 0 Å². The topological polar surface area (TPSA) is 61.4 Å². The van der Waals surface area contributed by atoms with Gasteiger partial charge in [0, 0.05) is 41.6 Å². The second-order valence-electron chi connectivity index (χ2n) is 7.00. The lowest BCUT2D eigenvalue weighted by atomic mass is 9.89. The van der Waals surface area contributed by atoms with Crippen molar-refractivity contribution in [3.63, 3.8) is 0 Å². The van der Waals surface area contributed by atoms with Crippen LogP contribution in [0.1, 0.15) is 48.1 Å². The molecule has 0 fully saturated rings. The summed E-state index contributed by atoms with van der Waals surface area (Å²) in [7, 11) is 4.10. The monoisotopic (exact) mass is 371 g/mol. The number of amides is 2. The van der Waals surface area contributed by atoms with E-state index in [1.165, 1.54) is 10.4 Å². The molecule has 0 spiro atoms. The van der Waals surface area contributed by atoms with E-state index in [0.717, 1.165) is 29.9 Å². The smallest absolute Gasteiger partial charge is 0.225 e. The minimum atomic E-state index is -0.00211. The van der Waals surface area contributed by atoms with Gasteiger partial charge in [0.05, 0.1) is 0 Å². The second-order valence-corrected chi connectivity index (χ2v) is 7.94. The van der Waals surface area contributed by atoms with Crippen molar-refractivity contribution in [1.29, 1.82) is 0 Å². The van der Waals surface area contributed by atoms with Crippen LogP contribution in [0.5, 0.6) is 0 Å². The van der Waals surface area contributed by atoms with Crippen LogP contribution < -0.4 is 10.6 Å². The molecule has 0 bridgehead atoms. The number of carbonyl (C=O) groups is 2. The van der Waals surface area contributed by atoms with Gasteiger partial charge in [0.15, 0.2) is 0 Å². The summed E-state index contributed by atoms with van der Waals surface area (Å²) >= 11 is 1.71. The van der Waals surface area contributed by atoms with Gasteiger partial charge in [-0.2, -0.15) is 0 Å². The summed E-state index contributed by atoms with van der Waals surface area (Å²) in [5.74, 6) is 0.0832. The van der Waals surface area contributed by atoms with E-state index in [0.29, 0.717) is 12.8 Å². The molecule has 0 radical (unpaired) electrons. The number of hydrogen-bond donors (Lipinski definition) is 2. The Kier molecular flexibility index (Phi) is 5.74. The zero-order chi connectivity index (χ0) is 18.7. The number of nitrogens with zero attached hydrogens (tertiary/aromatic N) is 1. The van der Waals surface area contributed by atoms with Crippen LogP contribution in [-0.2, 0) is 16.1 Å². The molecule has 2 amide bonds. The third-order valence-corrected chi connectivity index (χ3v) is 5.46. The van der Waals surface area contributed by atoms with Crippen molar-refractivity contribution in [1.82, 2.24) is 4.90 Å². The molecule has 1 aromatic heterocycles. The Balaban J connectivity index is 1.86. The molecule has 2 heterocycles. The Morgan fingerprint density at radius 2 is 2.15 bits per heavy atom. The number of carbonyl (C=O) groups excluding carboxylic acids is 2. The lowest BCUT2D eigenvalue weighted by Gasteiger charge is -2.25. The normalized spacial score (nSPS) is 16.3. The summed E-state index contributed by atoms with van der Waals surface area (Å²) in [6.45, 7) is 2.87. The first kappa shape index (κ1) is 18.6. The fraction of sp³-hybridized carbons (Fsp3) is 0.400. The Bertz CT molecular complexity index is 813. The fourth-order valence-corrected chi connectivity index (χ4v) is 4.30. The van der Waals surface area contributed by atoms with E-state index in [1.54, 1.807) is 11.3 Å². The maximum atomic E-state index is 12.2. The summed E-state index contributed by atoms with van der Waals surface area (Å²) in [6.07, 6.45) is 1.76. The van der Waals surface area contributed by atoms with Gasteiger partial charge in [0.25, 0.3) is 0 Å².